The van der Waals surface area contributed by atoms with Gasteiger partial charge in [0, 0.05) is 10.6 Å². The molecule has 9 heteroatoms. The van der Waals surface area contributed by atoms with E-state index in [-0.39, 0.29) is 23.2 Å². The molecule has 0 fully saturated rings. The average Bonchev–Trinajstić information content (AvgIpc) is 3.01. The maximum absolute atomic E-state index is 12.3. The Labute approximate surface area is 182 Å². The monoisotopic (exact) mass is 445 g/mol. The van der Waals surface area contributed by atoms with Crippen LogP contribution in [0.1, 0.15) is 40.6 Å². The molecule has 2 heterocycles. The van der Waals surface area contributed by atoms with E-state index in [9.17, 15) is 14.4 Å². The maximum atomic E-state index is 12.3. The molecule has 1 amide bonds. The fraction of sp³-hybridized carbons (Fsp3) is 0.333. The number of aromatic nitrogens is 2. The number of ether oxygens (including phenoxy) is 1. The van der Waals surface area contributed by atoms with E-state index in [1.807, 2.05) is 20.8 Å². The minimum atomic E-state index is -0.374. The highest BCUT2D eigenvalue weighted by Crippen LogP contribution is 2.27. The predicted molar refractivity (Wildman–Crippen MR) is 121 cm³/mol. The van der Waals surface area contributed by atoms with Gasteiger partial charge >= 0.3 is 5.97 Å². The number of nitrogens with one attached hydrogen (secondary N) is 2. The number of rotatable bonds is 8. The second-order valence-corrected chi connectivity index (χ2v) is 8.91. The third-order valence-corrected chi connectivity index (χ3v) is 6.47. The zero-order valence-electron chi connectivity index (χ0n) is 17.0. The summed E-state index contributed by atoms with van der Waals surface area (Å²) in [5.74, 6) is -0.514. The second-order valence-electron chi connectivity index (χ2n) is 6.74. The van der Waals surface area contributed by atoms with Crippen LogP contribution in [0, 0.1) is 13.8 Å². The van der Waals surface area contributed by atoms with Crippen molar-refractivity contribution in [1.82, 2.24) is 9.97 Å². The van der Waals surface area contributed by atoms with Gasteiger partial charge in [-0.15, -0.1) is 11.3 Å². The van der Waals surface area contributed by atoms with E-state index in [2.05, 4.69) is 15.3 Å². The fourth-order valence-corrected chi connectivity index (χ4v) is 4.46. The molecule has 7 nitrogen and oxygen atoms in total. The van der Waals surface area contributed by atoms with Gasteiger partial charge in [0.1, 0.15) is 4.83 Å². The summed E-state index contributed by atoms with van der Waals surface area (Å²) in [6.45, 7) is 6.29. The molecule has 0 aliphatic carbocycles. The summed E-state index contributed by atoms with van der Waals surface area (Å²) in [4.78, 5) is 45.4. The summed E-state index contributed by atoms with van der Waals surface area (Å²) >= 11 is 2.64. The summed E-state index contributed by atoms with van der Waals surface area (Å²) < 4.78 is 5.16. The SMILES string of the molecule is CCCCOC(=O)c1ccc(NC(=O)CSc2nc3sc(C)c(C)c3c(=O)[nH]2)cc1. The molecule has 0 aliphatic rings. The fourth-order valence-electron chi connectivity index (χ4n) is 2.72. The second kappa shape index (κ2) is 9.90. The van der Waals surface area contributed by atoms with Crippen molar-refractivity contribution in [2.24, 2.45) is 0 Å². The molecule has 0 radical (unpaired) electrons. The third kappa shape index (κ3) is 5.28. The lowest BCUT2D eigenvalue weighted by atomic mass is 10.2. The number of thiophene rings is 1. The van der Waals surface area contributed by atoms with Crippen molar-refractivity contribution in [3.05, 3.63) is 50.6 Å². The Hall–Kier alpha value is -2.65. The third-order valence-electron chi connectivity index (χ3n) is 4.49. The van der Waals surface area contributed by atoms with Gasteiger partial charge in [0.05, 0.1) is 23.3 Å². The molecular weight excluding hydrogens is 422 g/mol. The molecule has 2 N–H and O–H groups in total. The smallest absolute Gasteiger partial charge is 0.338 e. The Morgan fingerprint density at radius 1 is 1.23 bits per heavy atom. The highest BCUT2D eigenvalue weighted by atomic mass is 32.2. The van der Waals surface area contributed by atoms with Gasteiger partial charge in [-0.1, -0.05) is 25.1 Å². The van der Waals surface area contributed by atoms with E-state index in [4.69, 9.17) is 4.74 Å². The van der Waals surface area contributed by atoms with E-state index in [1.54, 1.807) is 24.3 Å². The highest BCUT2D eigenvalue weighted by molar-refractivity contribution is 7.99. The summed E-state index contributed by atoms with van der Waals surface area (Å²) in [7, 11) is 0. The van der Waals surface area contributed by atoms with Gasteiger partial charge in [0.15, 0.2) is 5.16 Å². The summed E-state index contributed by atoms with van der Waals surface area (Å²) in [5.41, 5.74) is 1.77. The minimum absolute atomic E-state index is 0.0958. The molecule has 1 aromatic carbocycles. The van der Waals surface area contributed by atoms with Crippen LogP contribution in [-0.2, 0) is 9.53 Å². The van der Waals surface area contributed by atoms with Gasteiger partial charge in [0.2, 0.25) is 5.91 Å². The normalized spacial score (nSPS) is 10.9. The number of fused-ring (bicyclic) bond motifs is 1. The van der Waals surface area contributed by atoms with Crippen molar-refractivity contribution in [1.29, 1.82) is 0 Å². The Bertz CT molecular complexity index is 1120. The number of hydrogen-bond acceptors (Lipinski definition) is 7. The molecule has 0 spiro atoms. The Morgan fingerprint density at radius 2 is 1.97 bits per heavy atom. The number of anilines is 1. The van der Waals surface area contributed by atoms with E-state index in [0.717, 1.165) is 35.0 Å². The number of nitrogens with zero attached hydrogens (tertiary/aromatic N) is 1. The number of benzene rings is 1. The van der Waals surface area contributed by atoms with Crippen LogP contribution in [0.4, 0.5) is 5.69 Å². The molecule has 3 aromatic rings. The molecule has 0 saturated carbocycles. The van der Waals surface area contributed by atoms with Crippen LogP contribution < -0.4 is 10.9 Å². The van der Waals surface area contributed by atoms with Gasteiger partial charge < -0.3 is 15.0 Å². The standard InChI is InChI=1S/C21H23N3O4S2/c1-4-5-10-28-20(27)14-6-8-15(9-7-14)22-16(25)11-29-21-23-18(26)17-12(2)13(3)30-19(17)24-21/h6-9H,4-5,10-11H2,1-3H3,(H,22,25)(H,23,24,26). The van der Waals surface area contributed by atoms with Crippen molar-refractivity contribution in [3.8, 4) is 0 Å². The van der Waals surface area contributed by atoms with Gasteiger partial charge in [0.25, 0.3) is 5.56 Å². The lowest BCUT2D eigenvalue weighted by Gasteiger charge is -2.07. The Morgan fingerprint density at radius 3 is 2.67 bits per heavy atom. The molecule has 0 atom stereocenters. The molecule has 0 aliphatic heterocycles. The van der Waals surface area contributed by atoms with E-state index >= 15 is 0 Å². The predicted octanol–water partition coefficient (Wildman–Crippen LogP) is 4.29. The average molecular weight is 446 g/mol. The van der Waals surface area contributed by atoms with Crippen molar-refractivity contribution in [2.75, 3.05) is 17.7 Å². The number of aryl methyl sites for hydroxylation is 2. The van der Waals surface area contributed by atoms with Crippen molar-refractivity contribution < 1.29 is 14.3 Å². The first kappa shape index (κ1) is 22.0. The quantitative estimate of drug-likeness (QED) is 0.232. The first-order chi connectivity index (χ1) is 14.4. The number of hydrogen-bond donors (Lipinski definition) is 2. The number of amides is 1. The number of thioether (sulfide) groups is 1. The minimum Gasteiger partial charge on any atom is -0.462 e. The topological polar surface area (TPSA) is 101 Å². The van der Waals surface area contributed by atoms with Crippen LogP contribution in [-0.4, -0.2) is 34.2 Å². The number of unbranched alkanes of at least 4 members (excludes halogenated alkanes) is 1. The molecular formula is C21H23N3O4S2. The van der Waals surface area contributed by atoms with Gasteiger partial charge in [-0.3, -0.25) is 9.59 Å². The molecule has 0 bridgehead atoms. The van der Waals surface area contributed by atoms with Crippen LogP contribution in [0.3, 0.4) is 0 Å². The Kier molecular flexibility index (Phi) is 7.28. The maximum Gasteiger partial charge on any atom is 0.338 e. The largest absolute Gasteiger partial charge is 0.462 e. The van der Waals surface area contributed by atoms with Gasteiger partial charge in [-0.25, -0.2) is 9.78 Å². The van der Waals surface area contributed by atoms with E-state index < -0.39 is 0 Å². The highest BCUT2D eigenvalue weighted by Gasteiger charge is 2.13. The van der Waals surface area contributed by atoms with Crippen LogP contribution in [0.25, 0.3) is 10.2 Å². The first-order valence-electron chi connectivity index (χ1n) is 9.59. The van der Waals surface area contributed by atoms with Gasteiger partial charge in [-0.05, 0) is 50.1 Å². The number of esters is 1. The molecule has 3 rings (SSSR count). The van der Waals surface area contributed by atoms with Gasteiger partial charge in [-0.2, -0.15) is 0 Å². The summed E-state index contributed by atoms with van der Waals surface area (Å²) in [6, 6.07) is 6.54. The van der Waals surface area contributed by atoms with E-state index in [1.165, 1.54) is 11.3 Å². The van der Waals surface area contributed by atoms with Crippen molar-refractivity contribution in [3.63, 3.8) is 0 Å². The van der Waals surface area contributed by atoms with Crippen molar-refractivity contribution in [2.45, 2.75) is 38.8 Å². The van der Waals surface area contributed by atoms with Crippen LogP contribution in [0.5, 0.6) is 0 Å². The number of carbonyl (C=O) groups is 2. The molecule has 0 unspecified atom stereocenters. The zero-order valence-corrected chi connectivity index (χ0v) is 18.7. The molecule has 30 heavy (non-hydrogen) atoms. The van der Waals surface area contributed by atoms with Crippen LogP contribution in [0.2, 0.25) is 0 Å². The number of H-pyrrole nitrogens is 1. The first-order valence-corrected chi connectivity index (χ1v) is 11.4. The Balaban J connectivity index is 1.56. The van der Waals surface area contributed by atoms with Crippen LogP contribution >= 0.6 is 23.1 Å². The number of carbonyl (C=O) groups excluding carboxylic acids is 2. The molecule has 0 saturated heterocycles. The number of aromatic amines is 1. The lowest BCUT2D eigenvalue weighted by molar-refractivity contribution is -0.113. The van der Waals surface area contributed by atoms with Crippen molar-refractivity contribution >= 4 is 50.9 Å². The molecule has 2 aromatic heterocycles. The molecule has 158 valence electrons. The van der Waals surface area contributed by atoms with Crippen LogP contribution in [0.15, 0.2) is 34.2 Å². The lowest BCUT2D eigenvalue weighted by Crippen LogP contribution is -2.15. The van der Waals surface area contributed by atoms with E-state index in [0.29, 0.717) is 33.2 Å². The summed E-state index contributed by atoms with van der Waals surface area (Å²) in [6.07, 6.45) is 1.79. The zero-order chi connectivity index (χ0) is 21.7. The summed E-state index contributed by atoms with van der Waals surface area (Å²) in [5, 5.41) is 3.79.